The van der Waals surface area contributed by atoms with Gasteiger partial charge in [0.1, 0.15) is 0 Å². The van der Waals surface area contributed by atoms with Crippen LogP contribution in [0.1, 0.15) is 95.5 Å². The molecule has 0 saturated heterocycles. The SMILES string of the molecule is COc1cc(C=CC(=O)OCCCCCCCCCCCCCCCC(=O)O)ccc1O. The second-order valence-corrected chi connectivity index (χ2v) is 8.17. The fraction of sp³-hybridized carbons (Fsp3) is 0.615. The van der Waals surface area contributed by atoms with Gasteiger partial charge in [-0.15, -0.1) is 0 Å². The first-order valence-electron chi connectivity index (χ1n) is 12.0. The number of phenolic OH excluding ortho intramolecular Hbond substituents is 1. The molecule has 0 radical (unpaired) electrons. The molecule has 1 rings (SSSR count). The fourth-order valence-electron chi connectivity index (χ4n) is 3.51. The normalized spacial score (nSPS) is 11.0. The largest absolute Gasteiger partial charge is 0.504 e. The number of aliphatic carboxylic acids is 1. The highest BCUT2D eigenvalue weighted by molar-refractivity contribution is 5.87. The lowest BCUT2D eigenvalue weighted by molar-refractivity contribution is -0.138. The van der Waals surface area contributed by atoms with Crippen LogP contribution in [0.25, 0.3) is 6.08 Å². The van der Waals surface area contributed by atoms with Crippen LogP contribution < -0.4 is 4.74 Å². The Morgan fingerprint density at radius 3 is 1.91 bits per heavy atom. The monoisotopic (exact) mass is 448 g/mol. The zero-order valence-corrected chi connectivity index (χ0v) is 19.5. The maximum absolute atomic E-state index is 11.8. The van der Waals surface area contributed by atoms with Crippen LogP contribution in [0, 0.1) is 0 Å². The Hall–Kier alpha value is -2.50. The fourth-order valence-corrected chi connectivity index (χ4v) is 3.51. The number of carboxylic acid groups (broad SMARTS) is 1. The van der Waals surface area contributed by atoms with E-state index in [1.807, 2.05) is 0 Å². The first-order chi connectivity index (χ1) is 15.5. The third-order valence-corrected chi connectivity index (χ3v) is 5.39. The third kappa shape index (κ3) is 14.5. The zero-order chi connectivity index (χ0) is 23.4. The summed E-state index contributed by atoms with van der Waals surface area (Å²) < 4.78 is 10.3. The lowest BCUT2D eigenvalue weighted by Gasteiger charge is -2.04. The predicted molar refractivity (Wildman–Crippen MR) is 127 cm³/mol. The molecule has 32 heavy (non-hydrogen) atoms. The van der Waals surface area contributed by atoms with Crippen molar-refractivity contribution in [3.05, 3.63) is 29.8 Å². The van der Waals surface area contributed by atoms with E-state index in [0.717, 1.165) is 37.7 Å². The summed E-state index contributed by atoms with van der Waals surface area (Å²) in [6.45, 7) is 0.439. The van der Waals surface area contributed by atoms with Crippen LogP contribution in [0.3, 0.4) is 0 Å². The highest BCUT2D eigenvalue weighted by Gasteiger charge is 2.02. The van der Waals surface area contributed by atoms with E-state index in [-0.39, 0.29) is 11.7 Å². The summed E-state index contributed by atoms with van der Waals surface area (Å²) in [5, 5.41) is 18.2. The molecule has 2 N–H and O–H groups in total. The number of carboxylic acids is 1. The van der Waals surface area contributed by atoms with Gasteiger partial charge >= 0.3 is 11.9 Å². The number of carbonyl (C=O) groups excluding carboxylic acids is 1. The summed E-state index contributed by atoms with van der Waals surface area (Å²) in [4.78, 5) is 22.2. The van der Waals surface area contributed by atoms with Gasteiger partial charge in [0.15, 0.2) is 11.5 Å². The number of phenols is 1. The maximum Gasteiger partial charge on any atom is 0.330 e. The molecule has 0 heterocycles. The van der Waals surface area contributed by atoms with Crippen molar-refractivity contribution in [2.45, 2.75) is 89.9 Å². The van der Waals surface area contributed by atoms with Crippen LogP contribution in [-0.2, 0) is 14.3 Å². The number of esters is 1. The Bertz CT molecular complexity index is 683. The number of aromatic hydroxyl groups is 1. The van der Waals surface area contributed by atoms with Gasteiger partial charge in [0.05, 0.1) is 13.7 Å². The minimum absolute atomic E-state index is 0.0638. The number of hydrogen-bond acceptors (Lipinski definition) is 5. The topological polar surface area (TPSA) is 93.1 Å². The number of methoxy groups -OCH3 is 1. The Morgan fingerprint density at radius 2 is 1.38 bits per heavy atom. The van der Waals surface area contributed by atoms with Crippen molar-refractivity contribution in [1.82, 2.24) is 0 Å². The van der Waals surface area contributed by atoms with E-state index in [9.17, 15) is 14.7 Å². The van der Waals surface area contributed by atoms with Crippen molar-refractivity contribution in [3.63, 3.8) is 0 Å². The second-order valence-electron chi connectivity index (χ2n) is 8.17. The minimum atomic E-state index is -0.688. The molecular formula is C26H40O6. The van der Waals surface area contributed by atoms with Gasteiger partial charge in [-0.2, -0.15) is 0 Å². The van der Waals surface area contributed by atoms with Crippen LogP contribution in [0.4, 0.5) is 0 Å². The molecule has 0 atom stereocenters. The molecule has 0 aliphatic rings. The molecule has 0 spiro atoms. The van der Waals surface area contributed by atoms with Crippen molar-refractivity contribution < 1.29 is 29.3 Å². The van der Waals surface area contributed by atoms with Crippen molar-refractivity contribution in [3.8, 4) is 11.5 Å². The molecule has 0 aromatic heterocycles. The van der Waals surface area contributed by atoms with Gasteiger partial charge in [0.2, 0.25) is 0 Å². The second kappa shape index (κ2) is 18.1. The van der Waals surface area contributed by atoms with Crippen LogP contribution >= 0.6 is 0 Å². The summed E-state index contributed by atoms with van der Waals surface area (Å²) in [5.41, 5.74) is 0.757. The van der Waals surface area contributed by atoms with E-state index in [0.29, 0.717) is 18.8 Å². The van der Waals surface area contributed by atoms with Gasteiger partial charge < -0.3 is 19.7 Å². The van der Waals surface area contributed by atoms with Gasteiger partial charge in [0, 0.05) is 12.5 Å². The molecule has 0 bridgehead atoms. The van der Waals surface area contributed by atoms with E-state index in [2.05, 4.69) is 0 Å². The molecule has 0 saturated carbocycles. The van der Waals surface area contributed by atoms with Crippen LogP contribution in [0.15, 0.2) is 24.3 Å². The van der Waals surface area contributed by atoms with Crippen molar-refractivity contribution in [2.75, 3.05) is 13.7 Å². The molecule has 0 unspecified atom stereocenters. The van der Waals surface area contributed by atoms with Crippen LogP contribution in [0.5, 0.6) is 11.5 Å². The number of carbonyl (C=O) groups is 2. The first kappa shape index (κ1) is 27.5. The van der Waals surface area contributed by atoms with Crippen molar-refractivity contribution >= 4 is 18.0 Å². The lowest BCUT2D eigenvalue weighted by Crippen LogP contribution is -2.02. The Morgan fingerprint density at radius 1 is 0.844 bits per heavy atom. The summed E-state index contributed by atoms with van der Waals surface area (Å²) >= 11 is 0. The predicted octanol–water partition coefficient (Wildman–Crippen LogP) is 6.50. The van der Waals surface area contributed by atoms with Gasteiger partial charge in [-0.1, -0.05) is 76.7 Å². The molecule has 6 nitrogen and oxygen atoms in total. The summed E-state index contributed by atoms with van der Waals surface area (Å²) in [6.07, 6.45) is 18.3. The molecule has 0 aliphatic carbocycles. The zero-order valence-electron chi connectivity index (χ0n) is 19.5. The lowest BCUT2D eigenvalue weighted by atomic mass is 10.0. The molecule has 0 amide bonds. The molecule has 1 aromatic rings. The van der Waals surface area contributed by atoms with E-state index < -0.39 is 5.97 Å². The molecule has 0 fully saturated rings. The van der Waals surface area contributed by atoms with Crippen molar-refractivity contribution in [2.24, 2.45) is 0 Å². The molecular weight excluding hydrogens is 408 g/mol. The van der Waals surface area contributed by atoms with Crippen LogP contribution in [0.2, 0.25) is 0 Å². The molecule has 1 aromatic carbocycles. The third-order valence-electron chi connectivity index (χ3n) is 5.39. The number of rotatable bonds is 19. The van der Waals surface area contributed by atoms with E-state index >= 15 is 0 Å². The highest BCUT2D eigenvalue weighted by atomic mass is 16.5. The van der Waals surface area contributed by atoms with Crippen molar-refractivity contribution in [1.29, 1.82) is 0 Å². The van der Waals surface area contributed by atoms with Gasteiger partial charge in [-0.3, -0.25) is 4.79 Å². The number of ether oxygens (including phenoxy) is 2. The Balaban J connectivity index is 1.90. The average Bonchev–Trinajstić information content (AvgIpc) is 2.78. The van der Waals surface area contributed by atoms with E-state index in [1.54, 1.807) is 18.2 Å². The van der Waals surface area contributed by atoms with Gasteiger partial charge in [-0.05, 0) is 36.6 Å². The molecule has 6 heteroatoms. The van der Waals surface area contributed by atoms with Crippen LogP contribution in [-0.4, -0.2) is 35.9 Å². The number of unbranched alkanes of at least 4 members (excludes halogenated alkanes) is 12. The standard InChI is InChI=1S/C26H40O6/c1-31-24-21-22(16-18-23(24)27)17-19-26(30)32-20-14-12-10-8-6-4-2-3-5-7-9-11-13-15-25(28)29/h16-19,21,27H,2-15,20H2,1H3,(H,28,29). The Labute approximate surface area is 192 Å². The maximum atomic E-state index is 11.8. The van der Waals surface area contributed by atoms with E-state index in [1.165, 1.54) is 70.6 Å². The molecule has 180 valence electrons. The summed E-state index contributed by atoms with van der Waals surface area (Å²) in [6, 6.07) is 4.88. The summed E-state index contributed by atoms with van der Waals surface area (Å²) in [7, 11) is 1.48. The Kier molecular flexibility index (Phi) is 15.6. The van der Waals surface area contributed by atoms with Gasteiger partial charge in [0.25, 0.3) is 0 Å². The smallest absolute Gasteiger partial charge is 0.330 e. The summed E-state index contributed by atoms with van der Waals surface area (Å²) in [5.74, 6) is -0.620. The van der Waals surface area contributed by atoms with E-state index in [4.69, 9.17) is 14.6 Å². The first-order valence-corrected chi connectivity index (χ1v) is 12.0. The minimum Gasteiger partial charge on any atom is -0.504 e. The molecule has 0 aliphatic heterocycles. The average molecular weight is 449 g/mol. The number of hydrogen-bond donors (Lipinski definition) is 2. The number of benzene rings is 1. The quantitative estimate of drug-likeness (QED) is 0.142. The highest BCUT2D eigenvalue weighted by Crippen LogP contribution is 2.26. The van der Waals surface area contributed by atoms with Gasteiger partial charge in [-0.25, -0.2) is 4.79 Å².